The quantitative estimate of drug-likeness (QED) is 0.280. The van der Waals surface area contributed by atoms with Crippen molar-refractivity contribution in [2.24, 2.45) is 11.7 Å². The molecule has 0 aliphatic heterocycles. The number of hydrogen-bond acceptors (Lipinski definition) is 9. The van der Waals surface area contributed by atoms with Gasteiger partial charge in [-0.25, -0.2) is 0 Å². The van der Waals surface area contributed by atoms with Crippen LogP contribution in [0.15, 0.2) is 42.5 Å². The molecule has 214 valence electrons. The van der Waals surface area contributed by atoms with Crippen molar-refractivity contribution in [1.29, 1.82) is 0 Å². The molecule has 0 fully saturated rings. The van der Waals surface area contributed by atoms with Crippen LogP contribution in [0.3, 0.4) is 0 Å². The minimum Gasteiger partial charge on any atom is -0.494 e. The minimum absolute atomic E-state index is 0.0329. The average molecular weight is 570 g/mol. The molecular formula is C28H35N5O6S. The molecule has 0 spiro atoms. The van der Waals surface area contributed by atoms with Crippen molar-refractivity contribution in [2.75, 3.05) is 38.0 Å². The van der Waals surface area contributed by atoms with Crippen LogP contribution in [0, 0.1) is 5.92 Å². The predicted molar refractivity (Wildman–Crippen MR) is 154 cm³/mol. The Labute approximate surface area is 237 Å². The molecule has 40 heavy (non-hydrogen) atoms. The van der Waals surface area contributed by atoms with Gasteiger partial charge in [-0.05, 0) is 60.6 Å². The second kappa shape index (κ2) is 13.7. The fourth-order valence-electron chi connectivity index (χ4n) is 4.01. The van der Waals surface area contributed by atoms with E-state index in [1.165, 1.54) is 19.1 Å². The molecule has 0 unspecified atom stereocenters. The SMILES string of the molecule is CCOc1ccc([C@@H](C(=O)NCCC(C)C)N(C(=O)c2snc(C(N)=O)c2N)c2ccc(OC)c(OC)c2)cc1. The van der Waals surface area contributed by atoms with Crippen molar-refractivity contribution in [3.63, 3.8) is 0 Å². The van der Waals surface area contributed by atoms with E-state index in [1.807, 2.05) is 6.92 Å². The van der Waals surface area contributed by atoms with Gasteiger partial charge in [0.05, 0.1) is 26.5 Å². The first-order valence-corrected chi connectivity index (χ1v) is 13.5. The summed E-state index contributed by atoms with van der Waals surface area (Å²) in [6.45, 7) is 6.86. The summed E-state index contributed by atoms with van der Waals surface area (Å²) in [4.78, 5) is 41.2. The molecule has 5 N–H and O–H groups in total. The Bertz CT molecular complexity index is 1340. The summed E-state index contributed by atoms with van der Waals surface area (Å²) in [6.07, 6.45) is 0.746. The Hall–Kier alpha value is -4.32. The molecule has 0 radical (unpaired) electrons. The predicted octanol–water partition coefficient (Wildman–Crippen LogP) is 3.79. The standard InChI is InChI=1S/C28H35N5O6S/c1-6-39-19-10-7-17(8-11-19)24(27(35)31-14-13-16(2)3)33(18-9-12-20(37-4)21(15-18)38-5)28(36)25-22(29)23(26(30)34)32-40-25/h7-12,15-16,24H,6,13-14,29H2,1-5H3,(H2,30,34)(H,31,35)/t24-/m0/s1. The van der Waals surface area contributed by atoms with E-state index in [4.69, 9.17) is 25.7 Å². The number of nitrogens with one attached hydrogen (secondary N) is 1. The second-order valence-electron chi connectivity index (χ2n) is 9.23. The van der Waals surface area contributed by atoms with Crippen LogP contribution in [0.2, 0.25) is 0 Å². The molecule has 11 nitrogen and oxygen atoms in total. The highest BCUT2D eigenvalue weighted by molar-refractivity contribution is 7.09. The van der Waals surface area contributed by atoms with Crippen molar-refractivity contribution in [3.05, 3.63) is 58.6 Å². The molecular weight excluding hydrogens is 534 g/mol. The van der Waals surface area contributed by atoms with Gasteiger partial charge in [-0.15, -0.1) is 0 Å². The Morgan fingerprint density at radius 2 is 1.73 bits per heavy atom. The third kappa shape index (κ3) is 6.81. The van der Waals surface area contributed by atoms with Gasteiger partial charge in [0.25, 0.3) is 11.8 Å². The number of carbonyl (C=O) groups excluding carboxylic acids is 3. The lowest BCUT2D eigenvalue weighted by molar-refractivity contribution is -0.122. The molecule has 0 saturated carbocycles. The van der Waals surface area contributed by atoms with Crippen molar-refractivity contribution in [1.82, 2.24) is 9.69 Å². The van der Waals surface area contributed by atoms with E-state index in [0.717, 1.165) is 18.0 Å². The number of aromatic nitrogens is 1. The molecule has 0 aliphatic rings. The van der Waals surface area contributed by atoms with E-state index < -0.39 is 23.8 Å². The molecule has 1 heterocycles. The van der Waals surface area contributed by atoms with Crippen molar-refractivity contribution in [2.45, 2.75) is 33.2 Å². The first kappa shape index (κ1) is 30.2. The van der Waals surface area contributed by atoms with E-state index in [-0.39, 0.29) is 16.3 Å². The number of hydrogen-bond donors (Lipinski definition) is 3. The first-order chi connectivity index (χ1) is 19.1. The van der Waals surface area contributed by atoms with Crippen molar-refractivity contribution in [3.8, 4) is 17.2 Å². The summed E-state index contributed by atoms with van der Waals surface area (Å²) in [7, 11) is 2.96. The van der Waals surface area contributed by atoms with E-state index in [0.29, 0.717) is 47.6 Å². The minimum atomic E-state index is -1.13. The van der Waals surface area contributed by atoms with Crippen LogP contribution in [0.5, 0.6) is 17.2 Å². The first-order valence-electron chi connectivity index (χ1n) is 12.7. The molecule has 0 saturated heterocycles. The van der Waals surface area contributed by atoms with E-state index in [9.17, 15) is 14.4 Å². The van der Waals surface area contributed by atoms with Gasteiger partial charge in [-0.3, -0.25) is 19.3 Å². The van der Waals surface area contributed by atoms with Gasteiger partial charge < -0.3 is 31.0 Å². The zero-order valence-electron chi connectivity index (χ0n) is 23.2. The largest absolute Gasteiger partial charge is 0.494 e. The topological polar surface area (TPSA) is 159 Å². The highest BCUT2D eigenvalue weighted by Gasteiger charge is 2.36. The number of ether oxygens (including phenoxy) is 3. The Morgan fingerprint density at radius 3 is 2.27 bits per heavy atom. The summed E-state index contributed by atoms with van der Waals surface area (Å²) >= 11 is 0.734. The summed E-state index contributed by atoms with van der Waals surface area (Å²) < 4.78 is 20.4. The van der Waals surface area contributed by atoms with Crippen molar-refractivity contribution < 1.29 is 28.6 Å². The number of nitrogen functional groups attached to an aromatic ring is 1. The lowest BCUT2D eigenvalue weighted by Gasteiger charge is -2.32. The van der Waals surface area contributed by atoms with E-state index in [2.05, 4.69) is 23.5 Å². The maximum Gasteiger partial charge on any atom is 0.273 e. The Balaban J connectivity index is 2.22. The molecule has 12 heteroatoms. The summed E-state index contributed by atoms with van der Waals surface area (Å²) in [5.74, 6) is -0.160. The van der Waals surface area contributed by atoms with E-state index >= 15 is 0 Å². The maximum atomic E-state index is 14.2. The molecule has 3 amide bonds. The number of anilines is 2. The van der Waals surface area contributed by atoms with Crippen LogP contribution >= 0.6 is 11.5 Å². The number of methoxy groups -OCH3 is 2. The number of rotatable bonds is 13. The molecule has 0 aliphatic carbocycles. The van der Waals surface area contributed by atoms with Crippen LogP contribution in [-0.2, 0) is 4.79 Å². The number of amides is 3. The van der Waals surface area contributed by atoms with Crippen LogP contribution < -0.4 is 35.9 Å². The average Bonchev–Trinajstić information content (AvgIpc) is 3.33. The molecule has 3 rings (SSSR count). The number of benzene rings is 2. The highest BCUT2D eigenvalue weighted by Crippen LogP contribution is 2.38. The number of carbonyl (C=O) groups is 3. The zero-order chi connectivity index (χ0) is 29.4. The summed E-state index contributed by atoms with van der Waals surface area (Å²) in [5.41, 5.74) is 12.0. The Morgan fingerprint density at radius 1 is 1.05 bits per heavy atom. The van der Waals surface area contributed by atoms with Crippen LogP contribution in [0.1, 0.15) is 59.0 Å². The molecule has 2 aromatic carbocycles. The molecule has 0 bridgehead atoms. The fourth-order valence-corrected chi connectivity index (χ4v) is 4.75. The van der Waals surface area contributed by atoms with Crippen molar-refractivity contribution >= 4 is 40.6 Å². The Kier molecular flexibility index (Phi) is 10.3. The maximum absolute atomic E-state index is 14.2. The molecule has 3 aromatic rings. The number of nitrogens with zero attached hydrogens (tertiary/aromatic N) is 2. The zero-order valence-corrected chi connectivity index (χ0v) is 24.0. The van der Waals surface area contributed by atoms with Gasteiger partial charge in [0.15, 0.2) is 17.2 Å². The van der Waals surface area contributed by atoms with Gasteiger partial charge in [0, 0.05) is 18.3 Å². The highest BCUT2D eigenvalue weighted by atomic mass is 32.1. The number of nitrogens with two attached hydrogens (primary N) is 2. The smallest absolute Gasteiger partial charge is 0.273 e. The normalized spacial score (nSPS) is 11.6. The fraction of sp³-hybridized carbons (Fsp3) is 0.357. The summed E-state index contributed by atoms with van der Waals surface area (Å²) in [6, 6.07) is 10.6. The van der Waals surface area contributed by atoms with Gasteiger partial charge in [0.2, 0.25) is 5.91 Å². The van der Waals surface area contributed by atoms with Crippen LogP contribution in [0.4, 0.5) is 11.4 Å². The third-order valence-electron chi connectivity index (χ3n) is 6.05. The van der Waals surface area contributed by atoms with Gasteiger partial charge in [-0.1, -0.05) is 26.0 Å². The monoisotopic (exact) mass is 569 g/mol. The van der Waals surface area contributed by atoms with Crippen LogP contribution in [0.25, 0.3) is 0 Å². The van der Waals surface area contributed by atoms with E-state index in [1.54, 1.807) is 42.5 Å². The number of primary amides is 1. The third-order valence-corrected chi connectivity index (χ3v) is 6.90. The molecule has 1 atom stereocenters. The lowest BCUT2D eigenvalue weighted by Crippen LogP contribution is -2.44. The molecule has 1 aromatic heterocycles. The lowest BCUT2D eigenvalue weighted by atomic mass is 10.0. The van der Waals surface area contributed by atoms with Crippen LogP contribution in [-0.4, -0.2) is 49.5 Å². The van der Waals surface area contributed by atoms with Gasteiger partial charge in [-0.2, -0.15) is 4.37 Å². The second-order valence-corrected chi connectivity index (χ2v) is 10.0. The van der Waals surface area contributed by atoms with Gasteiger partial charge in [0.1, 0.15) is 16.7 Å². The summed E-state index contributed by atoms with van der Waals surface area (Å²) in [5, 5.41) is 2.96. The van der Waals surface area contributed by atoms with Gasteiger partial charge >= 0.3 is 0 Å².